The van der Waals surface area contributed by atoms with Crippen LogP contribution in [0, 0.1) is 11.7 Å². The normalized spacial score (nSPS) is 15.0. The minimum Gasteiger partial charge on any atom is -0.466 e. The molecule has 0 atom stereocenters. The van der Waals surface area contributed by atoms with Crippen LogP contribution in [0.2, 0.25) is 0 Å². The summed E-state index contributed by atoms with van der Waals surface area (Å²) in [7, 11) is 0. The highest BCUT2D eigenvalue weighted by Crippen LogP contribution is 2.28. The monoisotopic (exact) mass is 378 g/mol. The number of benzene rings is 2. The second-order valence-corrected chi connectivity index (χ2v) is 7.10. The predicted octanol–water partition coefficient (Wildman–Crippen LogP) is 4.82. The zero-order valence-corrected chi connectivity index (χ0v) is 15.9. The van der Waals surface area contributed by atoms with Crippen LogP contribution in [0.5, 0.6) is 0 Å². The van der Waals surface area contributed by atoms with E-state index in [0.717, 1.165) is 53.8 Å². The van der Waals surface area contributed by atoms with Crippen LogP contribution >= 0.6 is 0 Å². The summed E-state index contributed by atoms with van der Waals surface area (Å²) in [6.07, 6.45) is 1.58. The SMILES string of the molecule is CCOC(=O)C1CCN(c2ccc3cc(-c4cccc(F)c4)ccc3n2)CC1. The van der Waals surface area contributed by atoms with Crippen LogP contribution in [-0.2, 0) is 9.53 Å². The molecule has 0 aliphatic carbocycles. The first-order valence-electron chi connectivity index (χ1n) is 9.72. The Bertz CT molecular complexity index is 997. The molecule has 28 heavy (non-hydrogen) atoms. The van der Waals surface area contributed by atoms with Gasteiger partial charge >= 0.3 is 5.97 Å². The Morgan fingerprint density at radius 3 is 2.64 bits per heavy atom. The maximum atomic E-state index is 13.5. The summed E-state index contributed by atoms with van der Waals surface area (Å²) < 4.78 is 18.6. The van der Waals surface area contributed by atoms with E-state index >= 15 is 0 Å². The molecule has 1 aromatic heterocycles. The van der Waals surface area contributed by atoms with E-state index < -0.39 is 0 Å². The molecule has 2 heterocycles. The Balaban J connectivity index is 1.51. The van der Waals surface area contributed by atoms with Crippen molar-refractivity contribution in [1.29, 1.82) is 0 Å². The predicted molar refractivity (Wildman–Crippen MR) is 109 cm³/mol. The first-order chi connectivity index (χ1) is 13.6. The van der Waals surface area contributed by atoms with Gasteiger partial charge in [0.15, 0.2) is 0 Å². The van der Waals surface area contributed by atoms with E-state index in [2.05, 4.69) is 11.0 Å². The van der Waals surface area contributed by atoms with Gasteiger partial charge in [-0.05, 0) is 67.3 Å². The number of aromatic nitrogens is 1. The summed E-state index contributed by atoms with van der Waals surface area (Å²) >= 11 is 0. The first-order valence-corrected chi connectivity index (χ1v) is 9.72. The van der Waals surface area contributed by atoms with E-state index in [0.29, 0.717) is 6.61 Å². The van der Waals surface area contributed by atoms with Crippen molar-refractivity contribution in [2.24, 2.45) is 5.92 Å². The van der Waals surface area contributed by atoms with Crippen LogP contribution in [0.3, 0.4) is 0 Å². The third kappa shape index (κ3) is 3.84. The quantitative estimate of drug-likeness (QED) is 0.611. The fourth-order valence-electron chi connectivity index (χ4n) is 3.74. The van der Waals surface area contributed by atoms with Gasteiger partial charge in [0.1, 0.15) is 11.6 Å². The third-order valence-electron chi connectivity index (χ3n) is 5.27. The van der Waals surface area contributed by atoms with E-state index in [-0.39, 0.29) is 17.7 Å². The largest absolute Gasteiger partial charge is 0.466 e. The topological polar surface area (TPSA) is 42.4 Å². The van der Waals surface area contributed by atoms with Gasteiger partial charge in [0, 0.05) is 18.5 Å². The summed E-state index contributed by atoms with van der Waals surface area (Å²) in [5.74, 6) is 0.592. The Morgan fingerprint density at radius 1 is 1.11 bits per heavy atom. The molecule has 4 nitrogen and oxygen atoms in total. The fraction of sp³-hybridized carbons (Fsp3) is 0.304. The number of ether oxygens (including phenoxy) is 1. The Labute approximate surface area is 164 Å². The van der Waals surface area contributed by atoms with Crippen LogP contribution in [0.15, 0.2) is 54.6 Å². The maximum absolute atomic E-state index is 13.5. The van der Waals surface area contributed by atoms with Crippen molar-refractivity contribution in [3.63, 3.8) is 0 Å². The summed E-state index contributed by atoms with van der Waals surface area (Å²) in [5.41, 5.74) is 2.73. The van der Waals surface area contributed by atoms with Crippen molar-refractivity contribution in [2.45, 2.75) is 19.8 Å². The van der Waals surface area contributed by atoms with Crippen molar-refractivity contribution in [3.05, 3.63) is 60.4 Å². The van der Waals surface area contributed by atoms with Crippen LogP contribution in [0.1, 0.15) is 19.8 Å². The fourth-order valence-corrected chi connectivity index (χ4v) is 3.74. The molecular formula is C23H23FN2O2. The zero-order chi connectivity index (χ0) is 19.5. The molecule has 0 amide bonds. The van der Waals surface area contributed by atoms with Gasteiger partial charge in [0.05, 0.1) is 18.0 Å². The third-order valence-corrected chi connectivity index (χ3v) is 5.27. The lowest BCUT2D eigenvalue weighted by molar-refractivity contribution is -0.148. The molecule has 1 saturated heterocycles. The van der Waals surface area contributed by atoms with Gasteiger partial charge in [0.2, 0.25) is 0 Å². The van der Waals surface area contributed by atoms with E-state index in [9.17, 15) is 9.18 Å². The van der Waals surface area contributed by atoms with Crippen LogP contribution < -0.4 is 4.90 Å². The lowest BCUT2D eigenvalue weighted by Crippen LogP contribution is -2.37. The number of hydrogen-bond donors (Lipinski definition) is 0. The second-order valence-electron chi connectivity index (χ2n) is 7.10. The Hall–Kier alpha value is -2.95. The number of anilines is 1. The molecule has 0 bridgehead atoms. The number of carbonyl (C=O) groups excluding carboxylic acids is 1. The molecule has 0 unspecified atom stereocenters. The van der Waals surface area contributed by atoms with Crippen molar-refractivity contribution >= 4 is 22.7 Å². The molecule has 1 fully saturated rings. The molecule has 144 valence electrons. The lowest BCUT2D eigenvalue weighted by atomic mass is 9.97. The molecule has 0 saturated carbocycles. The highest BCUT2D eigenvalue weighted by Gasteiger charge is 2.26. The highest BCUT2D eigenvalue weighted by atomic mass is 19.1. The number of hydrogen-bond acceptors (Lipinski definition) is 4. The number of halogens is 1. The molecule has 0 spiro atoms. The molecule has 2 aromatic carbocycles. The number of fused-ring (bicyclic) bond motifs is 1. The molecule has 5 heteroatoms. The minimum absolute atomic E-state index is 0.00881. The Kier molecular flexibility index (Phi) is 5.24. The van der Waals surface area contributed by atoms with E-state index in [4.69, 9.17) is 9.72 Å². The van der Waals surface area contributed by atoms with Gasteiger partial charge in [-0.2, -0.15) is 0 Å². The van der Waals surface area contributed by atoms with E-state index in [1.807, 2.05) is 37.3 Å². The number of rotatable bonds is 4. The van der Waals surface area contributed by atoms with Crippen LogP contribution in [0.4, 0.5) is 10.2 Å². The minimum atomic E-state index is -0.239. The Morgan fingerprint density at radius 2 is 1.89 bits per heavy atom. The summed E-state index contributed by atoms with van der Waals surface area (Å²) in [4.78, 5) is 18.9. The van der Waals surface area contributed by atoms with Crippen molar-refractivity contribution < 1.29 is 13.9 Å². The van der Waals surface area contributed by atoms with Crippen molar-refractivity contribution in [1.82, 2.24) is 4.98 Å². The van der Waals surface area contributed by atoms with Gasteiger partial charge in [-0.15, -0.1) is 0 Å². The number of pyridine rings is 1. The van der Waals surface area contributed by atoms with Gasteiger partial charge < -0.3 is 9.64 Å². The van der Waals surface area contributed by atoms with E-state index in [1.54, 1.807) is 6.07 Å². The zero-order valence-electron chi connectivity index (χ0n) is 15.9. The van der Waals surface area contributed by atoms with Gasteiger partial charge in [0.25, 0.3) is 0 Å². The molecule has 1 aliphatic rings. The highest BCUT2D eigenvalue weighted by molar-refractivity contribution is 5.85. The molecule has 3 aromatic rings. The summed E-state index contributed by atoms with van der Waals surface area (Å²) in [5, 5.41) is 1.02. The van der Waals surface area contributed by atoms with Crippen LogP contribution in [0.25, 0.3) is 22.0 Å². The molecule has 0 N–H and O–H groups in total. The van der Waals surface area contributed by atoms with Gasteiger partial charge in [-0.25, -0.2) is 9.37 Å². The number of esters is 1. The maximum Gasteiger partial charge on any atom is 0.309 e. The number of nitrogens with zero attached hydrogens (tertiary/aromatic N) is 2. The molecular weight excluding hydrogens is 355 g/mol. The lowest BCUT2D eigenvalue weighted by Gasteiger charge is -2.31. The molecule has 0 radical (unpaired) electrons. The number of piperidine rings is 1. The summed E-state index contributed by atoms with van der Waals surface area (Å²) in [6.45, 7) is 3.86. The molecule has 4 rings (SSSR count). The average molecular weight is 378 g/mol. The second kappa shape index (κ2) is 7.97. The summed E-state index contributed by atoms with van der Waals surface area (Å²) in [6, 6.07) is 16.7. The van der Waals surface area contributed by atoms with E-state index in [1.165, 1.54) is 12.1 Å². The average Bonchev–Trinajstić information content (AvgIpc) is 2.73. The van der Waals surface area contributed by atoms with Gasteiger partial charge in [-0.3, -0.25) is 4.79 Å². The molecule has 1 aliphatic heterocycles. The van der Waals surface area contributed by atoms with Crippen molar-refractivity contribution in [2.75, 3.05) is 24.6 Å². The smallest absolute Gasteiger partial charge is 0.309 e. The first kappa shape index (κ1) is 18.4. The van der Waals surface area contributed by atoms with Crippen molar-refractivity contribution in [3.8, 4) is 11.1 Å². The van der Waals surface area contributed by atoms with Crippen LogP contribution in [-0.4, -0.2) is 30.6 Å². The van der Waals surface area contributed by atoms with Gasteiger partial charge in [-0.1, -0.05) is 18.2 Å². The number of carbonyl (C=O) groups is 1. The standard InChI is InChI=1S/C23H23FN2O2/c1-2-28-23(27)16-10-12-26(13-11-16)22-9-7-19-14-18(6-8-21(19)25-22)17-4-3-5-20(24)15-17/h3-9,14-16H,2,10-13H2,1H3.